The van der Waals surface area contributed by atoms with Crippen molar-refractivity contribution in [1.82, 2.24) is 5.32 Å². The summed E-state index contributed by atoms with van der Waals surface area (Å²) < 4.78 is 0. The third-order valence-corrected chi connectivity index (χ3v) is 5.16. The lowest BCUT2D eigenvalue weighted by molar-refractivity contribution is -0.117. The second-order valence-corrected chi connectivity index (χ2v) is 8.45. The van der Waals surface area contributed by atoms with Crippen LogP contribution in [-0.4, -0.2) is 56.8 Å². The number of nitrogens with one attached hydrogen (secondary N) is 1. The normalized spacial score (nSPS) is 38.9. The molecule has 0 saturated carbocycles. The lowest BCUT2D eigenvalue weighted by Gasteiger charge is -2.26. The van der Waals surface area contributed by atoms with E-state index in [-0.39, 0.29) is 18.4 Å². The molecule has 1 heterocycles. The van der Waals surface area contributed by atoms with Gasteiger partial charge in [-0.25, -0.2) is 0 Å². The quantitative estimate of drug-likeness (QED) is 0.374. The smallest absolute Gasteiger partial charge is 0.244 e. The molecule has 0 aromatic carbocycles. The Hall–Kier alpha value is -2.77. The minimum Gasteiger partial charge on any atom is -0.390 e. The Bertz CT molecular complexity index is 847. The van der Waals surface area contributed by atoms with E-state index in [4.69, 9.17) is 0 Å². The van der Waals surface area contributed by atoms with Crippen LogP contribution in [0.15, 0.2) is 96.7 Å². The summed E-state index contributed by atoms with van der Waals surface area (Å²) in [6.07, 6.45) is 22.1. The van der Waals surface area contributed by atoms with Crippen LogP contribution in [0, 0.1) is 5.92 Å². The lowest BCUT2D eigenvalue weighted by Crippen LogP contribution is -2.41. The van der Waals surface area contributed by atoms with E-state index in [0.29, 0.717) is 6.42 Å². The van der Waals surface area contributed by atoms with Gasteiger partial charge in [0.15, 0.2) is 0 Å². The third-order valence-electron chi connectivity index (χ3n) is 5.16. The van der Waals surface area contributed by atoms with Gasteiger partial charge in [-0.3, -0.25) is 4.79 Å². The van der Waals surface area contributed by atoms with Crippen LogP contribution < -0.4 is 5.32 Å². The zero-order valence-electron chi connectivity index (χ0n) is 20.2. The Morgan fingerprint density at radius 1 is 0.794 bits per heavy atom. The van der Waals surface area contributed by atoms with Crippen molar-refractivity contribution in [3.8, 4) is 0 Å². The van der Waals surface area contributed by atoms with Crippen molar-refractivity contribution in [2.75, 3.05) is 0 Å². The molecule has 6 nitrogen and oxygen atoms in total. The minimum atomic E-state index is -1.41. The van der Waals surface area contributed by atoms with Gasteiger partial charge in [0, 0.05) is 24.5 Å². The van der Waals surface area contributed by atoms with Gasteiger partial charge in [-0.2, -0.15) is 0 Å². The highest BCUT2D eigenvalue weighted by atomic mass is 16.4. The van der Waals surface area contributed by atoms with Gasteiger partial charge in [-0.05, 0) is 20.3 Å². The highest BCUT2D eigenvalue weighted by molar-refractivity contribution is 5.87. The summed E-state index contributed by atoms with van der Waals surface area (Å²) in [6.45, 7) is 5.59. The number of aliphatic hydroxyl groups is 4. The minimum absolute atomic E-state index is 0.00398. The summed E-state index contributed by atoms with van der Waals surface area (Å²) in [4.78, 5) is 12.0. The van der Waals surface area contributed by atoms with Gasteiger partial charge in [0.25, 0.3) is 0 Å². The Kier molecular flexibility index (Phi) is 14.4. The van der Waals surface area contributed by atoms with Crippen molar-refractivity contribution in [3.63, 3.8) is 0 Å². The first-order valence-electron chi connectivity index (χ1n) is 11.6. The van der Waals surface area contributed by atoms with Crippen LogP contribution in [0.25, 0.3) is 0 Å². The molecule has 0 bridgehead atoms. The fourth-order valence-electron chi connectivity index (χ4n) is 3.07. The fourth-order valence-corrected chi connectivity index (χ4v) is 3.07. The Morgan fingerprint density at radius 2 is 1.44 bits per heavy atom. The van der Waals surface area contributed by atoms with Crippen LogP contribution in [0.5, 0.6) is 0 Å². The molecule has 0 aromatic rings. The van der Waals surface area contributed by atoms with Crippen molar-refractivity contribution in [1.29, 1.82) is 0 Å². The zero-order chi connectivity index (χ0) is 25.3. The highest BCUT2D eigenvalue weighted by Gasteiger charge is 2.28. The van der Waals surface area contributed by atoms with Crippen LogP contribution in [-0.2, 0) is 4.79 Å². The number of rotatable bonds is 0. The van der Waals surface area contributed by atoms with Crippen molar-refractivity contribution >= 4 is 5.91 Å². The van der Waals surface area contributed by atoms with E-state index >= 15 is 0 Å². The van der Waals surface area contributed by atoms with E-state index in [1.165, 1.54) is 12.2 Å². The average molecular weight is 470 g/mol. The van der Waals surface area contributed by atoms with Crippen LogP contribution in [0.1, 0.15) is 33.6 Å². The number of carbonyl (C=O) groups excluding carboxylic acids is 1. The monoisotopic (exact) mass is 469 g/mol. The number of allylic oxidation sites excluding steroid dienone is 12. The molecule has 0 radical (unpaired) electrons. The molecule has 0 saturated heterocycles. The van der Waals surface area contributed by atoms with Crippen LogP contribution in [0.2, 0.25) is 0 Å². The maximum Gasteiger partial charge on any atom is 0.244 e. The molecule has 6 unspecified atom stereocenters. The van der Waals surface area contributed by atoms with E-state index in [9.17, 15) is 25.2 Å². The third kappa shape index (κ3) is 13.1. The largest absolute Gasteiger partial charge is 0.390 e. The van der Waals surface area contributed by atoms with Crippen LogP contribution in [0.4, 0.5) is 0 Å². The molecule has 6 heteroatoms. The number of amides is 1. The summed E-state index contributed by atoms with van der Waals surface area (Å²) in [5.74, 6) is -0.623. The van der Waals surface area contributed by atoms with E-state index < -0.39 is 30.3 Å². The predicted molar refractivity (Wildman–Crippen MR) is 138 cm³/mol. The molecule has 0 spiro atoms. The molecule has 1 aliphatic heterocycles. The maximum atomic E-state index is 12.0. The molecule has 6 atom stereocenters. The van der Waals surface area contributed by atoms with Crippen molar-refractivity contribution in [3.05, 3.63) is 96.7 Å². The van der Waals surface area contributed by atoms with Gasteiger partial charge in [0.05, 0.1) is 18.3 Å². The summed E-state index contributed by atoms with van der Waals surface area (Å²) in [5, 5.41) is 43.8. The molecule has 1 aliphatic rings. The van der Waals surface area contributed by atoms with Crippen molar-refractivity contribution in [2.45, 2.75) is 64.1 Å². The predicted octanol–water partition coefficient (Wildman–Crippen LogP) is 3.20. The second kappa shape index (κ2) is 16.8. The first kappa shape index (κ1) is 29.3. The Labute approximate surface area is 203 Å². The highest BCUT2D eigenvalue weighted by Crippen LogP contribution is 2.15. The molecule has 34 heavy (non-hydrogen) atoms. The van der Waals surface area contributed by atoms with E-state index in [1.54, 1.807) is 49.5 Å². The molecular weight excluding hydrogens is 430 g/mol. The zero-order valence-corrected chi connectivity index (χ0v) is 20.2. The fraction of sp³-hybridized carbons (Fsp3) is 0.393. The Morgan fingerprint density at radius 3 is 2.21 bits per heavy atom. The van der Waals surface area contributed by atoms with Crippen LogP contribution in [0.3, 0.4) is 0 Å². The number of carbonyl (C=O) groups is 1. The van der Waals surface area contributed by atoms with Gasteiger partial charge in [0.2, 0.25) is 5.91 Å². The van der Waals surface area contributed by atoms with Crippen molar-refractivity contribution in [2.24, 2.45) is 5.92 Å². The molecule has 1 rings (SSSR count). The van der Waals surface area contributed by atoms with Gasteiger partial charge in [-0.1, -0.05) is 97.6 Å². The maximum absolute atomic E-state index is 12.0. The number of hydrogen-bond donors (Lipinski definition) is 5. The van der Waals surface area contributed by atoms with Gasteiger partial charge in [0.1, 0.15) is 6.10 Å². The van der Waals surface area contributed by atoms with Gasteiger partial charge < -0.3 is 25.7 Å². The van der Waals surface area contributed by atoms with Crippen LogP contribution >= 0.6 is 0 Å². The number of aliphatic hydroxyl groups excluding tert-OH is 4. The standard InChI is InChI=1S/C28H39NO5/c1-21-14-8-4-6-10-17-23(3)29-26(32)19-11-7-5-9-16-22(2)27(33)28(34)25(31)20-24(30)18-13-12-15-21/h4-16,18-19,22-25,27-28,30-31,33-34H,17,20H2,1-3H3,(H,29,32)/b7-5+,8-4+,10-6-,15-12+,16-9+,18-13+,19-11+,21-14+. The molecule has 0 fully saturated rings. The average Bonchev–Trinajstić information content (AvgIpc) is 2.79. The molecule has 0 aromatic heterocycles. The molecule has 5 N–H and O–H groups in total. The second-order valence-electron chi connectivity index (χ2n) is 8.45. The summed E-state index contributed by atoms with van der Waals surface area (Å²) in [5.41, 5.74) is 1.01. The van der Waals surface area contributed by atoms with E-state index in [1.807, 2.05) is 50.3 Å². The summed E-state index contributed by atoms with van der Waals surface area (Å²) in [7, 11) is 0. The van der Waals surface area contributed by atoms with Gasteiger partial charge in [-0.15, -0.1) is 0 Å². The van der Waals surface area contributed by atoms with E-state index in [2.05, 4.69) is 5.32 Å². The Balaban J connectivity index is 2.94. The first-order valence-corrected chi connectivity index (χ1v) is 11.6. The molecule has 0 aliphatic carbocycles. The molecule has 186 valence electrons. The molecule has 1 amide bonds. The number of hydrogen-bond acceptors (Lipinski definition) is 5. The topological polar surface area (TPSA) is 110 Å². The molecular formula is C28H39NO5. The lowest BCUT2D eigenvalue weighted by atomic mass is 9.93. The SMILES string of the molecule is CC1=C\C=C\C=C/CC(C)NC(=O)/C=C/C=C/C=C/C(C)C(O)C(O)C(O)CC(O)\C=C\C=C\1. The summed E-state index contributed by atoms with van der Waals surface area (Å²) in [6, 6.07) is -0.00398. The first-order chi connectivity index (χ1) is 16.2. The summed E-state index contributed by atoms with van der Waals surface area (Å²) >= 11 is 0. The van der Waals surface area contributed by atoms with E-state index in [0.717, 1.165) is 5.57 Å². The van der Waals surface area contributed by atoms with Crippen molar-refractivity contribution < 1.29 is 25.2 Å². The van der Waals surface area contributed by atoms with Gasteiger partial charge >= 0.3 is 0 Å².